The summed E-state index contributed by atoms with van der Waals surface area (Å²) < 4.78 is 10.9. The van der Waals surface area contributed by atoms with Gasteiger partial charge in [0.25, 0.3) is 5.91 Å². The maximum atomic E-state index is 14.5. The molecule has 4 N–H and O–H groups in total. The van der Waals surface area contributed by atoms with Gasteiger partial charge in [-0.1, -0.05) is 78.9 Å². The number of fused-ring (bicyclic) bond motifs is 1. The zero-order valence-electron chi connectivity index (χ0n) is 24.4. The number of ether oxygens (including phenoxy) is 2. The van der Waals surface area contributed by atoms with Crippen LogP contribution in [0, 0.1) is 0 Å². The lowest BCUT2D eigenvalue weighted by molar-refractivity contribution is -0.122. The highest BCUT2D eigenvalue weighted by atomic mass is 16.6. The molecule has 3 heterocycles. The summed E-state index contributed by atoms with van der Waals surface area (Å²) in [7, 11) is 0. The Bertz CT molecular complexity index is 1520. The van der Waals surface area contributed by atoms with Crippen molar-refractivity contribution >= 4 is 17.8 Å². The summed E-state index contributed by atoms with van der Waals surface area (Å²) in [4.78, 5) is 40.0. The van der Waals surface area contributed by atoms with Crippen LogP contribution in [0.2, 0.25) is 0 Å². The predicted octanol–water partition coefficient (Wildman–Crippen LogP) is 3.43. The molecule has 0 bridgehead atoms. The SMILES string of the molecule is O=C(NC(Cc1ccccc1)C(O)CC1(Cc2ccccc2)NC=C(C2CNC(=O)c3ccccc32)C1=O)OC1CCOC1. The molecular weight excluding hydrogens is 558 g/mol. The van der Waals surface area contributed by atoms with Gasteiger partial charge >= 0.3 is 6.09 Å². The molecule has 0 radical (unpaired) electrons. The molecule has 0 aromatic heterocycles. The number of Topliss-reactive ketones (excluding diaryl/α,β-unsaturated/α-hetero) is 1. The molecule has 9 heteroatoms. The van der Waals surface area contributed by atoms with Gasteiger partial charge in [0.1, 0.15) is 11.6 Å². The Morgan fingerprint density at radius 3 is 2.43 bits per heavy atom. The highest BCUT2D eigenvalue weighted by Crippen LogP contribution is 2.38. The van der Waals surface area contributed by atoms with Gasteiger partial charge in [-0.25, -0.2) is 4.79 Å². The Morgan fingerprint density at radius 1 is 1.00 bits per heavy atom. The Kier molecular flexibility index (Phi) is 8.77. The first-order valence-corrected chi connectivity index (χ1v) is 15.1. The van der Waals surface area contributed by atoms with Gasteiger partial charge in [-0.2, -0.15) is 0 Å². The summed E-state index contributed by atoms with van der Waals surface area (Å²) in [5.41, 5.74) is 2.59. The van der Waals surface area contributed by atoms with Crippen molar-refractivity contribution in [3.05, 3.63) is 119 Å². The number of carbonyl (C=O) groups is 3. The van der Waals surface area contributed by atoms with E-state index in [2.05, 4.69) is 16.0 Å². The van der Waals surface area contributed by atoms with Crippen LogP contribution >= 0.6 is 0 Å². The molecule has 1 fully saturated rings. The average molecular weight is 596 g/mol. The van der Waals surface area contributed by atoms with E-state index in [-0.39, 0.29) is 30.1 Å². The van der Waals surface area contributed by atoms with Crippen molar-refractivity contribution in [2.24, 2.45) is 0 Å². The van der Waals surface area contributed by atoms with Crippen LogP contribution in [-0.4, -0.2) is 66.4 Å². The van der Waals surface area contributed by atoms with Crippen LogP contribution in [0.15, 0.2) is 96.7 Å². The Balaban J connectivity index is 1.27. The number of hydrogen-bond acceptors (Lipinski definition) is 7. The molecule has 228 valence electrons. The number of rotatable bonds is 10. The van der Waals surface area contributed by atoms with Crippen molar-refractivity contribution in [1.82, 2.24) is 16.0 Å². The van der Waals surface area contributed by atoms with Gasteiger partial charge in [0.2, 0.25) is 0 Å². The van der Waals surface area contributed by atoms with E-state index in [1.165, 1.54) is 0 Å². The van der Waals surface area contributed by atoms with Crippen molar-refractivity contribution in [3.8, 4) is 0 Å². The molecule has 5 atom stereocenters. The normalized spacial score (nSPS) is 24.0. The summed E-state index contributed by atoms with van der Waals surface area (Å²) in [6.45, 7) is 1.18. The minimum absolute atomic E-state index is 0.0335. The number of aliphatic hydroxyl groups excluding tert-OH is 1. The molecule has 44 heavy (non-hydrogen) atoms. The van der Waals surface area contributed by atoms with Gasteiger partial charge < -0.3 is 30.5 Å². The molecule has 0 saturated carbocycles. The number of aliphatic hydroxyl groups is 1. The maximum Gasteiger partial charge on any atom is 0.407 e. The zero-order valence-corrected chi connectivity index (χ0v) is 24.4. The second-order valence-electron chi connectivity index (χ2n) is 11.8. The van der Waals surface area contributed by atoms with Crippen molar-refractivity contribution in [2.45, 2.75) is 55.4 Å². The van der Waals surface area contributed by atoms with Gasteiger partial charge in [0, 0.05) is 49.1 Å². The summed E-state index contributed by atoms with van der Waals surface area (Å²) in [5.74, 6) is -0.631. The molecule has 3 aromatic rings. The molecule has 3 aromatic carbocycles. The van der Waals surface area contributed by atoms with Crippen molar-refractivity contribution in [3.63, 3.8) is 0 Å². The standard InChI is InChI=1S/C35H37N3O6/c39-31(30(17-23-9-3-1-4-10-23)38-34(42)44-25-15-16-43-22-25)19-35(18-24-11-5-2-6-12-24)32(40)29(21-37-35)28-20-36-33(41)27-14-8-7-13-26(27)28/h1-14,21,25,28,30-31,37,39H,15-20,22H2,(H,36,41)(H,38,42). The molecule has 6 rings (SSSR count). The van der Waals surface area contributed by atoms with Gasteiger partial charge in [0.15, 0.2) is 5.78 Å². The van der Waals surface area contributed by atoms with E-state index >= 15 is 0 Å². The van der Waals surface area contributed by atoms with Crippen molar-refractivity contribution < 1.29 is 29.0 Å². The molecule has 3 aliphatic rings. The molecule has 5 unspecified atom stereocenters. The van der Waals surface area contributed by atoms with Crippen LogP contribution < -0.4 is 16.0 Å². The van der Waals surface area contributed by atoms with E-state index in [4.69, 9.17) is 9.47 Å². The predicted molar refractivity (Wildman–Crippen MR) is 164 cm³/mol. The maximum absolute atomic E-state index is 14.5. The highest BCUT2D eigenvalue weighted by Gasteiger charge is 2.48. The topological polar surface area (TPSA) is 126 Å². The fourth-order valence-corrected chi connectivity index (χ4v) is 6.46. The second-order valence-corrected chi connectivity index (χ2v) is 11.8. The number of hydrogen-bond donors (Lipinski definition) is 4. The van der Waals surface area contributed by atoms with Crippen molar-refractivity contribution in [2.75, 3.05) is 19.8 Å². The molecule has 2 amide bonds. The first kappa shape index (κ1) is 29.6. The van der Waals surface area contributed by atoms with E-state index < -0.39 is 23.8 Å². The minimum atomic E-state index is -1.17. The second kappa shape index (κ2) is 13.0. The van der Waals surface area contributed by atoms with Gasteiger partial charge in [0.05, 0.1) is 25.4 Å². The Hall–Kier alpha value is -4.47. The van der Waals surface area contributed by atoms with Crippen LogP contribution in [0.1, 0.15) is 45.8 Å². The summed E-state index contributed by atoms with van der Waals surface area (Å²) in [6, 6.07) is 25.9. The molecular formula is C35H37N3O6. The third-order valence-corrected chi connectivity index (χ3v) is 8.76. The quantitative estimate of drug-likeness (QED) is 0.283. The number of nitrogens with one attached hydrogen (secondary N) is 3. The zero-order chi connectivity index (χ0) is 30.5. The summed E-state index contributed by atoms with van der Waals surface area (Å²) >= 11 is 0. The van der Waals surface area contributed by atoms with Gasteiger partial charge in [-0.15, -0.1) is 0 Å². The van der Waals surface area contributed by atoms with Gasteiger partial charge in [-0.3, -0.25) is 9.59 Å². The minimum Gasteiger partial charge on any atom is -0.444 e. The third kappa shape index (κ3) is 6.39. The first-order valence-electron chi connectivity index (χ1n) is 15.1. The van der Waals surface area contributed by atoms with E-state index in [1.807, 2.05) is 78.9 Å². The van der Waals surface area contributed by atoms with E-state index in [9.17, 15) is 19.5 Å². The molecule has 3 aliphatic heterocycles. The van der Waals surface area contributed by atoms with Crippen LogP contribution in [-0.2, 0) is 27.1 Å². The fraction of sp³-hybridized carbons (Fsp3) is 0.343. The van der Waals surface area contributed by atoms with E-state index in [0.29, 0.717) is 50.2 Å². The largest absolute Gasteiger partial charge is 0.444 e. The average Bonchev–Trinajstić information content (AvgIpc) is 3.66. The number of alkyl carbamates (subject to hydrolysis) is 1. The van der Waals surface area contributed by atoms with Crippen LogP contribution in [0.5, 0.6) is 0 Å². The molecule has 9 nitrogen and oxygen atoms in total. The number of carbonyl (C=O) groups excluding carboxylic acids is 3. The third-order valence-electron chi connectivity index (χ3n) is 8.76. The fourth-order valence-electron chi connectivity index (χ4n) is 6.46. The lowest BCUT2D eigenvalue weighted by Gasteiger charge is -2.35. The molecule has 1 saturated heterocycles. The lowest BCUT2D eigenvalue weighted by atomic mass is 9.75. The summed E-state index contributed by atoms with van der Waals surface area (Å²) in [5, 5.41) is 21.0. The van der Waals surface area contributed by atoms with Gasteiger partial charge in [-0.05, 0) is 29.2 Å². The number of amides is 2. The summed E-state index contributed by atoms with van der Waals surface area (Å²) in [6.07, 6.45) is 0.999. The first-order chi connectivity index (χ1) is 21.4. The molecule has 0 aliphatic carbocycles. The lowest BCUT2D eigenvalue weighted by Crippen LogP contribution is -2.55. The number of benzene rings is 3. The molecule has 0 spiro atoms. The van der Waals surface area contributed by atoms with E-state index in [1.54, 1.807) is 12.3 Å². The van der Waals surface area contributed by atoms with Crippen LogP contribution in [0.25, 0.3) is 0 Å². The van der Waals surface area contributed by atoms with Crippen LogP contribution in [0.4, 0.5) is 4.79 Å². The van der Waals surface area contributed by atoms with Crippen molar-refractivity contribution in [1.29, 1.82) is 0 Å². The highest BCUT2D eigenvalue weighted by molar-refractivity contribution is 6.07. The number of ketones is 1. The Labute approximate surface area is 256 Å². The smallest absolute Gasteiger partial charge is 0.407 e. The van der Waals surface area contributed by atoms with E-state index in [0.717, 1.165) is 16.7 Å². The monoisotopic (exact) mass is 595 g/mol. The Morgan fingerprint density at radius 2 is 1.70 bits per heavy atom. The van der Waals surface area contributed by atoms with Crippen LogP contribution in [0.3, 0.4) is 0 Å².